The van der Waals surface area contributed by atoms with E-state index in [2.05, 4.69) is 15.2 Å². The fourth-order valence-corrected chi connectivity index (χ4v) is 0.656. The van der Waals surface area contributed by atoms with Crippen LogP contribution in [0.1, 0.15) is 18.6 Å². The molecule has 0 aromatic carbocycles. The summed E-state index contributed by atoms with van der Waals surface area (Å²) in [7, 11) is 0. The summed E-state index contributed by atoms with van der Waals surface area (Å²) in [6, 6.07) is 0. The maximum absolute atomic E-state index is 10.5. The third-order valence-electron chi connectivity index (χ3n) is 1.45. The lowest BCUT2D eigenvalue weighted by Crippen LogP contribution is -2.33. The molecule has 0 aliphatic carbocycles. The van der Waals surface area contributed by atoms with Gasteiger partial charge in [-0.25, -0.2) is 9.78 Å². The molecule has 0 aliphatic heterocycles. The van der Waals surface area contributed by atoms with Gasteiger partial charge >= 0.3 is 5.97 Å². The monoisotopic (exact) mass is 171 g/mol. The molecule has 0 aliphatic rings. The average molecular weight is 171 g/mol. The molecule has 0 radical (unpaired) electrons. The van der Waals surface area contributed by atoms with E-state index in [1.54, 1.807) is 6.92 Å². The van der Waals surface area contributed by atoms with Crippen LogP contribution in [0.2, 0.25) is 0 Å². The molecular formula is C6H9N3O3. The summed E-state index contributed by atoms with van der Waals surface area (Å²) in [6.45, 7) is 2.74. The van der Waals surface area contributed by atoms with Crippen molar-refractivity contribution in [2.45, 2.75) is 19.4 Å². The SMILES string of the molecule is Cc1nc(C(C)(O)C(=O)O)n[nH]1. The summed E-state index contributed by atoms with van der Waals surface area (Å²) in [5.41, 5.74) is -2.02. The fourth-order valence-electron chi connectivity index (χ4n) is 0.656. The molecule has 0 saturated heterocycles. The van der Waals surface area contributed by atoms with Crippen molar-refractivity contribution in [3.63, 3.8) is 0 Å². The second-order valence-corrected chi connectivity index (χ2v) is 2.62. The van der Waals surface area contributed by atoms with Gasteiger partial charge in [-0.3, -0.25) is 5.10 Å². The van der Waals surface area contributed by atoms with Gasteiger partial charge in [-0.05, 0) is 13.8 Å². The van der Waals surface area contributed by atoms with E-state index < -0.39 is 11.6 Å². The molecule has 0 saturated carbocycles. The summed E-state index contributed by atoms with van der Waals surface area (Å²) < 4.78 is 0. The van der Waals surface area contributed by atoms with Crippen molar-refractivity contribution in [2.24, 2.45) is 0 Å². The summed E-state index contributed by atoms with van der Waals surface area (Å²) in [4.78, 5) is 14.2. The van der Waals surface area contributed by atoms with Crippen molar-refractivity contribution in [3.05, 3.63) is 11.6 Å². The molecule has 0 fully saturated rings. The quantitative estimate of drug-likeness (QED) is 0.552. The number of hydrogen-bond acceptors (Lipinski definition) is 4. The van der Waals surface area contributed by atoms with Crippen LogP contribution in [0.4, 0.5) is 0 Å². The van der Waals surface area contributed by atoms with Crippen molar-refractivity contribution in [1.29, 1.82) is 0 Å². The number of aryl methyl sites for hydroxylation is 1. The van der Waals surface area contributed by atoms with E-state index in [1.807, 2.05) is 0 Å². The normalized spacial score (nSPS) is 15.6. The largest absolute Gasteiger partial charge is 0.479 e. The molecule has 6 nitrogen and oxygen atoms in total. The molecule has 3 N–H and O–H groups in total. The first kappa shape index (κ1) is 8.66. The van der Waals surface area contributed by atoms with Crippen LogP contribution in [-0.4, -0.2) is 31.4 Å². The first-order valence-electron chi connectivity index (χ1n) is 3.30. The minimum absolute atomic E-state index is 0.132. The Bertz CT molecular complexity index is 305. The summed E-state index contributed by atoms with van der Waals surface area (Å²) in [5, 5.41) is 23.9. The Balaban J connectivity index is 3.05. The lowest BCUT2D eigenvalue weighted by atomic mass is 10.1. The first-order chi connectivity index (χ1) is 5.44. The van der Waals surface area contributed by atoms with Gasteiger partial charge in [-0.2, -0.15) is 5.10 Å². The van der Waals surface area contributed by atoms with Crippen molar-refractivity contribution in [3.8, 4) is 0 Å². The lowest BCUT2D eigenvalue weighted by molar-refractivity contribution is -0.158. The molecule has 12 heavy (non-hydrogen) atoms. The van der Waals surface area contributed by atoms with Crippen molar-refractivity contribution in [1.82, 2.24) is 15.2 Å². The number of rotatable bonds is 2. The maximum Gasteiger partial charge on any atom is 0.343 e. The number of carboxylic acids is 1. The van der Waals surface area contributed by atoms with Crippen LogP contribution in [0.25, 0.3) is 0 Å². The molecule has 1 heterocycles. The Morgan fingerprint density at radius 2 is 2.25 bits per heavy atom. The second-order valence-electron chi connectivity index (χ2n) is 2.62. The van der Waals surface area contributed by atoms with Gasteiger partial charge in [-0.1, -0.05) is 0 Å². The van der Waals surface area contributed by atoms with Crippen molar-refractivity contribution in [2.75, 3.05) is 0 Å². The van der Waals surface area contributed by atoms with Gasteiger partial charge in [0.2, 0.25) is 5.60 Å². The summed E-state index contributed by atoms with van der Waals surface area (Å²) in [6.07, 6.45) is 0. The molecule has 1 atom stereocenters. The fraction of sp³-hybridized carbons (Fsp3) is 0.500. The Morgan fingerprint density at radius 3 is 2.58 bits per heavy atom. The number of carboxylic acid groups (broad SMARTS) is 1. The van der Waals surface area contributed by atoms with E-state index in [1.165, 1.54) is 0 Å². The molecule has 0 spiro atoms. The molecule has 1 aromatic heterocycles. The second kappa shape index (κ2) is 2.56. The highest BCUT2D eigenvalue weighted by molar-refractivity contribution is 5.77. The molecule has 66 valence electrons. The lowest BCUT2D eigenvalue weighted by Gasteiger charge is -2.12. The van der Waals surface area contributed by atoms with E-state index in [-0.39, 0.29) is 5.82 Å². The van der Waals surface area contributed by atoms with Gasteiger partial charge in [0.05, 0.1) is 0 Å². The standard InChI is InChI=1S/C6H9N3O3/c1-3-7-4(9-8-3)6(2,12)5(10)11/h12H,1-2H3,(H,10,11)(H,7,8,9). The highest BCUT2D eigenvalue weighted by atomic mass is 16.4. The molecule has 1 aromatic rings. The van der Waals surface area contributed by atoms with Crippen LogP contribution >= 0.6 is 0 Å². The molecule has 0 bridgehead atoms. The maximum atomic E-state index is 10.5. The minimum Gasteiger partial charge on any atom is -0.479 e. The van der Waals surface area contributed by atoms with Crippen LogP contribution in [0.5, 0.6) is 0 Å². The van der Waals surface area contributed by atoms with Crippen LogP contribution in [0, 0.1) is 6.92 Å². The zero-order chi connectivity index (χ0) is 9.35. The highest BCUT2D eigenvalue weighted by Gasteiger charge is 2.36. The Kier molecular flexibility index (Phi) is 1.85. The number of aromatic nitrogens is 3. The van der Waals surface area contributed by atoms with E-state index in [9.17, 15) is 9.90 Å². The van der Waals surface area contributed by atoms with E-state index >= 15 is 0 Å². The zero-order valence-corrected chi connectivity index (χ0v) is 6.70. The summed E-state index contributed by atoms with van der Waals surface area (Å²) >= 11 is 0. The number of aliphatic carboxylic acids is 1. The molecule has 1 unspecified atom stereocenters. The molecule has 0 amide bonds. The van der Waals surface area contributed by atoms with E-state index in [0.29, 0.717) is 5.82 Å². The summed E-state index contributed by atoms with van der Waals surface area (Å²) in [5.74, 6) is -1.04. The van der Waals surface area contributed by atoms with Gasteiger partial charge in [-0.15, -0.1) is 0 Å². The van der Waals surface area contributed by atoms with Crippen LogP contribution in [0.15, 0.2) is 0 Å². The molecule has 1 rings (SSSR count). The molecular weight excluding hydrogens is 162 g/mol. The molecule has 6 heteroatoms. The van der Waals surface area contributed by atoms with Gasteiger partial charge in [0.15, 0.2) is 5.82 Å². The number of H-pyrrole nitrogens is 1. The van der Waals surface area contributed by atoms with Crippen molar-refractivity contribution >= 4 is 5.97 Å². The van der Waals surface area contributed by atoms with Gasteiger partial charge < -0.3 is 10.2 Å². The predicted molar refractivity (Wildman–Crippen MR) is 38.3 cm³/mol. The van der Waals surface area contributed by atoms with Gasteiger partial charge in [0, 0.05) is 0 Å². The third-order valence-corrected chi connectivity index (χ3v) is 1.45. The Morgan fingerprint density at radius 1 is 1.67 bits per heavy atom. The Labute approximate surface area is 68.3 Å². The van der Waals surface area contributed by atoms with Crippen LogP contribution in [0.3, 0.4) is 0 Å². The van der Waals surface area contributed by atoms with Crippen molar-refractivity contribution < 1.29 is 15.0 Å². The van der Waals surface area contributed by atoms with Crippen LogP contribution < -0.4 is 0 Å². The first-order valence-corrected chi connectivity index (χ1v) is 3.30. The number of carbonyl (C=O) groups is 1. The highest BCUT2D eigenvalue weighted by Crippen LogP contribution is 2.15. The third kappa shape index (κ3) is 1.28. The number of nitrogens with zero attached hydrogens (tertiary/aromatic N) is 2. The predicted octanol–water partition coefficient (Wildman–Crippen LogP) is -0.595. The van der Waals surface area contributed by atoms with Gasteiger partial charge in [0.1, 0.15) is 5.82 Å². The average Bonchev–Trinajstić information content (AvgIpc) is 2.35. The topological polar surface area (TPSA) is 99.1 Å². The Hall–Kier alpha value is -1.43. The minimum atomic E-state index is -2.02. The smallest absolute Gasteiger partial charge is 0.343 e. The van der Waals surface area contributed by atoms with Gasteiger partial charge in [0.25, 0.3) is 0 Å². The number of hydrogen-bond donors (Lipinski definition) is 3. The number of nitrogens with one attached hydrogen (secondary N) is 1. The number of aliphatic hydroxyl groups is 1. The van der Waals surface area contributed by atoms with Crippen LogP contribution in [-0.2, 0) is 10.4 Å². The van der Waals surface area contributed by atoms with E-state index in [0.717, 1.165) is 6.92 Å². The van der Waals surface area contributed by atoms with E-state index in [4.69, 9.17) is 5.11 Å². The number of aromatic amines is 1. The zero-order valence-electron chi connectivity index (χ0n) is 6.70.